The van der Waals surface area contributed by atoms with Crippen molar-refractivity contribution in [2.24, 2.45) is 5.92 Å². The molecular weight excluding hydrogens is 462 g/mol. The molecule has 0 spiro atoms. The number of hydrogen-bond donors (Lipinski definition) is 1. The molecule has 2 fully saturated rings. The molecule has 2 saturated heterocycles. The van der Waals surface area contributed by atoms with Crippen LogP contribution in [0.2, 0.25) is 0 Å². The van der Waals surface area contributed by atoms with E-state index < -0.39 is 0 Å². The highest BCUT2D eigenvalue weighted by molar-refractivity contribution is 6.06. The van der Waals surface area contributed by atoms with Crippen LogP contribution in [0.5, 0.6) is 5.75 Å². The molecule has 0 radical (unpaired) electrons. The van der Waals surface area contributed by atoms with E-state index in [2.05, 4.69) is 40.5 Å². The van der Waals surface area contributed by atoms with Crippen molar-refractivity contribution in [3.63, 3.8) is 0 Å². The van der Waals surface area contributed by atoms with Crippen molar-refractivity contribution in [3.05, 3.63) is 89.5 Å². The summed E-state index contributed by atoms with van der Waals surface area (Å²) in [5, 5.41) is 2.98. The first-order chi connectivity index (χ1) is 18.1. The average molecular weight is 498 g/mol. The number of rotatable bonds is 7. The fourth-order valence-electron chi connectivity index (χ4n) is 5.44. The van der Waals surface area contributed by atoms with Gasteiger partial charge in [0.25, 0.3) is 11.8 Å². The number of amides is 2. The van der Waals surface area contributed by atoms with E-state index in [1.165, 1.54) is 5.56 Å². The molecule has 6 heteroatoms. The number of nitrogens with zero attached hydrogens (tertiary/aromatic N) is 2. The van der Waals surface area contributed by atoms with E-state index in [0.717, 1.165) is 64.0 Å². The zero-order chi connectivity index (χ0) is 25.6. The fourth-order valence-corrected chi connectivity index (χ4v) is 5.44. The minimum Gasteiger partial charge on any atom is -0.497 e. The zero-order valence-electron chi connectivity index (χ0n) is 21.5. The number of hydrogen-bond acceptors (Lipinski definition) is 4. The Morgan fingerprint density at radius 2 is 1.65 bits per heavy atom. The van der Waals surface area contributed by atoms with Gasteiger partial charge in [0.1, 0.15) is 5.75 Å². The summed E-state index contributed by atoms with van der Waals surface area (Å²) >= 11 is 0. The summed E-state index contributed by atoms with van der Waals surface area (Å²) in [6.45, 7) is 3.43. The number of carbonyl (C=O) groups is 2. The molecule has 0 aromatic heterocycles. The van der Waals surface area contributed by atoms with E-state index in [1.807, 2.05) is 23.1 Å². The molecule has 2 amide bonds. The number of piperidine rings is 1. The lowest BCUT2D eigenvalue weighted by atomic mass is 9.89. The van der Waals surface area contributed by atoms with Crippen LogP contribution in [0.3, 0.4) is 0 Å². The lowest BCUT2D eigenvalue weighted by molar-refractivity contribution is 0.0793. The van der Waals surface area contributed by atoms with Crippen LogP contribution in [0, 0.1) is 5.92 Å². The number of methoxy groups -OCH3 is 1. The predicted octanol–water partition coefficient (Wildman–Crippen LogP) is 5.64. The van der Waals surface area contributed by atoms with Crippen molar-refractivity contribution < 1.29 is 14.3 Å². The molecular formula is C31H35N3O3. The summed E-state index contributed by atoms with van der Waals surface area (Å²) in [4.78, 5) is 30.8. The first-order valence-corrected chi connectivity index (χ1v) is 13.3. The van der Waals surface area contributed by atoms with E-state index in [4.69, 9.17) is 4.74 Å². The number of benzene rings is 3. The standard InChI is InChI=1S/C31H35N3O3/c1-37-27-11-7-10-25(21-27)30(35)32-26-12-13-29(28(22-26)31(36)34-16-5-6-17-34)33-18-14-24(15-19-33)20-23-8-3-2-4-9-23/h2-4,7-13,21-22,24H,5-6,14-20H2,1H3,(H,32,35). The summed E-state index contributed by atoms with van der Waals surface area (Å²) < 4.78 is 5.25. The molecule has 2 heterocycles. The number of carbonyl (C=O) groups excluding carboxylic acids is 2. The van der Waals surface area contributed by atoms with Gasteiger partial charge in [0, 0.05) is 43.1 Å². The Kier molecular flexibility index (Phi) is 7.73. The third kappa shape index (κ3) is 5.96. The van der Waals surface area contributed by atoms with Gasteiger partial charge >= 0.3 is 0 Å². The molecule has 0 aliphatic carbocycles. The lowest BCUT2D eigenvalue weighted by Gasteiger charge is -2.35. The third-order valence-corrected chi connectivity index (χ3v) is 7.53. The van der Waals surface area contributed by atoms with Gasteiger partial charge in [-0.3, -0.25) is 9.59 Å². The average Bonchev–Trinajstić information content (AvgIpc) is 3.49. The van der Waals surface area contributed by atoms with Gasteiger partial charge in [0.05, 0.1) is 12.7 Å². The molecule has 6 nitrogen and oxygen atoms in total. The lowest BCUT2D eigenvalue weighted by Crippen LogP contribution is -2.36. The molecule has 0 atom stereocenters. The molecule has 0 unspecified atom stereocenters. The van der Waals surface area contributed by atoms with Crippen LogP contribution in [0.4, 0.5) is 11.4 Å². The van der Waals surface area contributed by atoms with Crippen molar-refractivity contribution in [2.75, 3.05) is 43.5 Å². The Bertz CT molecular complexity index is 1230. The van der Waals surface area contributed by atoms with Crippen LogP contribution in [0.15, 0.2) is 72.8 Å². The van der Waals surface area contributed by atoms with Gasteiger partial charge in [0.15, 0.2) is 0 Å². The van der Waals surface area contributed by atoms with Gasteiger partial charge in [-0.15, -0.1) is 0 Å². The SMILES string of the molecule is COc1cccc(C(=O)Nc2ccc(N3CCC(Cc4ccccc4)CC3)c(C(=O)N3CCCC3)c2)c1. The van der Waals surface area contributed by atoms with E-state index in [-0.39, 0.29) is 11.8 Å². The largest absolute Gasteiger partial charge is 0.497 e. The fraction of sp³-hybridized carbons (Fsp3) is 0.355. The highest BCUT2D eigenvalue weighted by Crippen LogP contribution is 2.32. The van der Waals surface area contributed by atoms with Gasteiger partial charge in [-0.2, -0.15) is 0 Å². The van der Waals surface area contributed by atoms with Crippen molar-refractivity contribution >= 4 is 23.2 Å². The van der Waals surface area contributed by atoms with Gasteiger partial charge in [-0.1, -0.05) is 36.4 Å². The highest BCUT2D eigenvalue weighted by Gasteiger charge is 2.27. The number of nitrogens with one attached hydrogen (secondary N) is 1. The van der Waals surface area contributed by atoms with Crippen LogP contribution >= 0.6 is 0 Å². The maximum absolute atomic E-state index is 13.6. The molecule has 3 aromatic carbocycles. The van der Waals surface area contributed by atoms with Gasteiger partial charge in [0.2, 0.25) is 0 Å². The normalized spacial score (nSPS) is 16.0. The quantitative estimate of drug-likeness (QED) is 0.459. The predicted molar refractivity (Wildman–Crippen MR) is 148 cm³/mol. The molecule has 192 valence electrons. The number of anilines is 2. The monoisotopic (exact) mass is 497 g/mol. The van der Waals surface area contributed by atoms with E-state index in [1.54, 1.807) is 31.4 Å². The maximum atomic E-state index is 13.6. The van der Waals surface area contributed by atoms with Crippen molar-refractivity contribution in [3.8, 4) is 5.75 Å². The van der Waals surface area contributed by atoms with Gasteiger partial charge in [-0.05, 0) is 80.0 Å². The second-order valence-electron chi connectivity index (χ2n) is 10.0. The first kappa shape index (κ1) is 24.9. The van der Waals surface area contributed by atoms with Gasteiger partial charge < -0.3 is 19.9 Å². The Balaban J connectivity index is 1.33. The molecule has 1 N–H and O–H groups in total. The summed E-state index contributed by atoms with van der Waals surface area (Å²) in [6, 6.07) is 23.5. The molecule has 37 heavy (non-hydrogen) atoms. The van der Waals surface area contributed by atoms with Crippen LogP contribution in [-0.2, 0) is 6.42 Å². The number of likely N-dealkylation sites (tertiary alicyclic amines) is 1. The topological polar surface area (TPSA) is 61.9 Å². The van der Waals surface area contributed by atoms with Gasteiger partial charge in [-0.25, -0.2) is 0 Å². The van der Waals surface area contributed by atoms with Crippen molar-refractivity contribution in [1.82, 2.24) is 4.90 Å². The smallest absolute Gasteiger partial charge is 0.256 e. The van der Waals surface area contributed by atoms with Crippen LogP contribution in [0.25, 0.3) is 0 Å². The maximum Gasteiger partial charge on any atom is 0.256 e. The molecule has 2 aliphatic rings. The summed E-state index contributed by atoms with van der Waals surface area (Å²) in [5.41, 5.74) is 4.16. The molecule has 0 saturated carbocycles. The molecule has 5 rings (SSSR count). The van der Waals surface area contributed by atoms with Crippen LogP contribution < -0.4 is 15.0 Å². The number of ether oxygens (including phenoxy) is 1. The Hall–Kier alpha value is -3.80. The highest BCUT2D eigenvalue weighted by atomic mass is 16.5. The van der Waals surface area contributed by atoms with E-state index >= 15 is 0 Å². The molecule has 2 aliphatic heterocycles. The first-order valence-electron chi connectivity index (χ1n) is 13.3. The van der Waals surface area contributed by atoms with E-state index in [0.29, 0.717) is 28.5 Å². The summed E-state index contributed by atoms with van der Waals surface area (Å²) in [6.07, 6.45) is 5.38. The molecule has 3 aromatic rings. The van der Waals surface area contributed by atoms with Crippen LogP contribution in [-0.4, -0.2) is 50.0 Å². The Labute approximate surface area is 219 Å². The van der Waals surface area contributed by atoms with E-state index in [9.17, 15) is 9.59 Å². The second-order valence-corrected chi connectivity index (χ2v) is 10.0. The minimum absolute atomic E-state index is 0.0522. The summed E-state index contributed by atoms with van der Waals surface area (Å²) in [7, 11) is 1.58. The minimum atomic E-state index is -0.229. The third-order valence-electron chi connectivity index (χ3n) is 7.53. The van der Waals surface area contributed by atoms with Crippen LogP contribution in [0.1, 0.15) is 52.0 Å². The van der Waals surface area contributed by atoms with Crippen molar-refractivity contribution in [2.45, 2.75) is 32.1 Å². The Morgan fingerprint density at radius 1 is 0.892 bits per heavy atom. The van der Waals surface area contributed by atoms with Crippen molar-refractivity contribution in [1.29, 1.82) is 0 Å². The Morgan fingerprint density at radius 3 is 2.38 bits per heavy atom. The zero-order valence-corrected chi connectivity index (χ0v) is 21.5. The molecule has 0 bridgehead atoms. The summed E-state index contributed by atoms with van der Waals surface area (Å²) in [5.74, 6) is 1.10. The second kappa shape index (κ2) is 11.5.